The fraction of sp³-hybridized carbons (Fsp3) is 0.0455. The highest BCUT2D eigenvalue weighted by atomic mass is 35.5. The van der Waals surface area contributed by atoms with Crippen LogP contribution >= 0.6 is 11.6 Å². The Morgan fingerprint density at radius 2 is 1.59 bits per heavy atom. The number of halogens is 1. The van der Waals surface area contributed by atoms with E-state index < -0.39 is 0 Å². The number of carbonyl (C=O) groups excluding carboxylic acids is 1. The quantitative estimate of drug-likeness (QED) is 0.484. The van der Waals surface area contributed by atoms with E-state index in [1.165, 1.54) is 0 Å². The lowest BCUT2D eigenvalue weighted by Gasteiger charge is -2.10. The standard InChI is InChI=1S/C22H16ClN3O3/c23-17-11-5-6-12-18(17)24-20(27)14-28-19-13-7-4-10-16(19)22-26-25-21(29-22)15-8-2-1-3-9-15/h1-13H,14H2,(H,24,27). The first-order valence-electron chi connectivity index (χ1n) is 8.86. The van der Waals surface area contributed by atoms with E-state index in [0.717, 1.165) is 5.56 Å². The third-order valence-electron chi connectivity index (χ3n) is 4.07. The van der Waals surface area contributed by atoms with Crippen molar-refractivity contribution in [2.75, 3.05) is 11.9 Å². The van der Waals surface area contributed by atoms with Gasteiger partial charge < -0.3 is 14.5 Å². The van der Waals surface area contributed by atoms with Crippen LogP contribution in [0.15, 0.2) is 83.3 Å². The number of rotatable bonds is 6. The molecule has 29 heavy (non-hydrogen) atoms. The lowest BCUT2D eigenvalue weighted by Crippen LogP contribution is -2.20. The minimum Gasteiger partial charge on any atom is -0.483 e. The lowest BCUT2D eigenvalue weighted by molar-refractivity contribution is -0.118. The molecule has 0 radical (unpaired) electrons. The average molecular weight is 406 g/mol. The molecule has 0 saturated heterocycles. The van der Waals surface area contributed by atoms with E-state index in [1.54, 1.807) is 42.5 Å². The molecule has 0 aliphatic carbocycles. The van der Waals surface area contributed by atoms with Gasteiger partial charge in [-0.2, -0.15) is 0 Å². The van der Waals surface area contributed by atoms with Crippen LogP contribution < -0.4 is 10.1 Å². The Kier molecular flexibility index (Phi) is 5.54. The molecule has 0 atom stereocenters. The number of nitrogens with zero attached hydrogens (tertiary/aromatic N) is 2. The first-order valence-corrected chi connectivity index (χ1v) is 9.24. The highest BCUT2D eigenvalue weighted by molar-refractivity contribution is 6.33. The van der Waals surface area contributed by atoms with Crippen molar-refractivity contribution in [2.45, 2.75) is 0 Å². The molecule has 0 bridgehead atoms. The van der Waals surface area contributed by atoms with E-state index in [2.05, 4.69) is 15.5 Å². The molecule has 7 heteroatoms. The van der Waals surface area contributed by atoms with Crippen molar-refractivity contribution in [2.24, 2.45) is 0 Å². The van der Waals surface area contributed by atoms with Gasteiger partial charge in [0.2, 0.25) is 5.89 Å². The minimum absolute atomic E-state index is 0.193. The van der Waals surface area contributed by atoms with Crippen LogP contribution in [0.1, 0.15) is 0 Å². The van der Waals surface area contributed by atoms with Gasteiger partial charge in [-0.05, 0) is 36.4 Å². The van der Waals surface area contributed by atoms with Crippen molar-refractivity contribution in [3.05, 3.63) is 83.9 Å². The molecule has 1 aromatic heterocycles. The molecule has 4 rings (SSSR count). The van der Waals surface area contributed by atoms with Crippen LogP contribution in [-0.4, -0.2) is 22.7 Å². The summed E-state index contributed by atoms with van der Waals surface area (Å²) in [5.41, 5.74) is 1.96. The lowest BCUT2D eigenvalue weighted by atomic mass is 10.2. The predicted octanol–water partition coefficient (Wildman–Crippen LogP) is 5.07. The zero-order valence-corrected chi connectivity index (χ0v) is 16.0. The van der Waals surface area contributed by atoms with Crippen molar-refractivity contribution in [3.63, 3.8) is 0 Å². The van der Waals surface area contributed by atoms with E-state index in [1.807, 2.05) is 36.4 Å². The van der Waals surface area contributed by atoms with Gasteiger partial charge in [0.15, 0.2) is 6.61 Å². The van der Waals surface area contributed by atoms with Crippen LogP contribution in [0.2, 0.25) is 5.02 Å². The van der Waals surface area contributed by atoms with E-state index in [9.17, 15) is 4.79 Å². The fourth-order valence-electron chi connectivity index (χ4n) is 2.69. The molecule has 0 saturated carbocycles. The van der Waals surface area contributed by atoms with Gasteiger partial charge in [-0.3, -0.25) is 4.79 Å². The van der Waals surface area contributed by atoms with Crippen LogP contribution in [0.5, 0.6) is 5.75 Å². The van der Waals surface area contributed by atoms with Crippen LogP contribution in [0.4, 0.5) is 5.69 Å². The smallest absolute Gasteiger partial charge is 0.262 e. The summed E-state index contributed by atoms with van der Waals surface area (Å²) >= 11 is 6.06. The third kappa shape index (κ3) is 4.44. The molecule has 0 unspecified atom stereocenters. The highest BCUT2D eigenvalue weighted by Gasteiger charge is 2.15. The summed E-state index contributed by atoms with van der Waals surface area (Å²) in [5, 5.41) is 11.4. The third-order valence-corrected chi connectivity index (χ3v) is 4.40. The average Bonchev–Trinajstić information content (AvgIpc) is 3.25. The van der Waals surface area contributed by atoms with E-state index in [-0.39, 0.29) is 12.5 Å². The van der Waals surface area contributed by atoms with Crippen molar-refractivity contribution in [3.8, 4) is 28.7 Å². The van der Waals surface area contributed by atoms with Crippen LogP contribution in [0.25, 0.3) is 22.9 Å². The number of anilines is 1. The SMILES string of the molecule is O=C(COc1ccccc1-c1nnc(-c2ccccc2)o1)Nc1ccccc1Cl. The summed E-state index contributed by atoms with van der Waals surface area (Å²) in [7, 11) is 0. The summed E-state index contributed by atoms with van der Waals surface area (Å²) in [5.74, 6) is 0.853. The van der Waals surface area contributed by atoms with Gasteiger partial charge in [-0.1, -0.05) is 54.1 Å². The van der Waals surface area contributed by atoms with Gasteiger partial charge in [-0.15, -0.1) is 10.2 Å². The number of ether oxygens (including phenoxy) is 1. The first-order chi connectivity index (χ1) is 14.2. The zero-order chi connectivity index (χ0) is 20.1. The molecular formula is C22H16ClN3O3. The highest BCUT2D eigenvalue weighted by Crippen LogP contribution is 2.31. The molecule has 3 aromatic carbocycles. The van der Waals surface area contributed by atoms with Crippen LogP contribution in [0, 0.1) is 0 Å². The second kappa shape index (κ2) is 8.58. The molecule has 0 spiro atoms. The van der Waals surface area contributed by atoms with Crippen molar-refractivity contribution >= 4 is 23.2 Å². The largest absolute Gasteiger partial charge is 0.483 e. The predicted molar refractivity (Wildman–Crippen MR) is 111 cm³/mol. The number of para-hydroxylation sites is 2. The number of hydrogen-bond donors (Lipinski definition) is 1. The van der Waals surface area contributed by atoms with Crippen molar-refractivity contribution in [1.29, 1.82) is 0 Å². The Balaban J connectivity index is 1.48. The normalized spacial score (nSPS) is 10.5. The Bertz CT molecular complexity index is 1130. The maximum Gasteiger partial charge on any atom is 0.262 e. The van der Waals surface area contributed by atoms with Gasteiger partial charge in [0.05, 0.1) is 16.3 Å². The summed E-state index contributed by atoms with van der Waals surface area (Å²) in [6.07, 6.45) is 0. The number of hydrogen-bond acceptors (Lipinski definition) is 5. The Labute approximate surface area is 172 Å². The van der Waals surface area contributed by atoms with Gasteiger partial charge in [0, 0.05) is 5.56 Å². The van der Waals surface area contributed by atoms with Crippen LogP contribution in [-0.2, 0) is 4.79 Å². The molecule has 4 aromatic rings. The fourth-order valence-corrected chi connectivity index (χ4v) is 2.87. The van der Waals surface area contributed by atoms with Gasteiger partial charge in [0.1, 0.15) is 5.75 Å². The molecular weight excluding hydrogens is 390 g/mol. The molecule has 1 N–H and O–H groups in total. The molecule has 0 aliphatic heterocycles. The minimum atomic E-state index is -0.330. The Morgan fingerprint density at radius 3 is 2.41 bits per heavy atom. The van der Waals surface area contributed by atoms with Crippen molar-refractivity contribution in [1.82, 2.24) is 10.2 Å². The van der Waals surface area contributed by atoms with Gasteiger partial charge in [-0.25, -0.2) is 0 Å². The monoisotopic (exact) mass is 405 g/mol. The van der Waals surface area contributed by atoms with Gasteiger partial charge >= 0.3 is 0 Å². The number of aromatic nitrogens is 2. The second-order valence-corrected chi connectivity index (χ2v) is 6.50. The molecule has 1 heterocycles. The van der Waals surface area contributed by atoms with Crippen molar-refractivity contribution < 1.29 is 13.9 Å². The second-order valence-electron chi connectivity index (χ2n) is 6.09. The zero-order valence-electron chi connectivity index (χ0n) is 15.2. The number of nitrogens with one attached hydrogen (secondary N) is 1. The van der Waals surface area contributed by atoms with Crippen LogP contribution in [0.3, 0.4) is 0 Å². The molecule has 144 valence electrons. The number of benzene rings is 3. The summed E-state index contributed by atoms with van der Waals surface area (Å²) in [6.45, 7) is -0.193. The Morgan fingerprint density at radius 1 is 0.897 bits per heavy atom. The molecule has 1 amide bonds. The topological polar surface area (TPSA) is 77.2 Å². The summed E-state index contributed by atoms with van der Waals surface area (Å²) in [6, 6.07) is 23.7. The molecule has 0 fully saturated rings. The summed E-state index contributed by atoms with van der Waals surface area (Å²) in [4.78, 5) is 12.2. The maximum atomic E-state index is 12.2. The van der Waals surface area contributed by atoms with E-state index >= 15 is 0 Å². The van der Waals surface area contributed by atoms with E-state index in [4.69, 9.17) is 20.8 Å². The summed E-state index contributed by atoms with van der Waals surface area (Å²) < 4.78 is 11.5. The van der Waals surface area contributed by atoms with Gasteiger partial charge in [0.25, 0.3) is 11.8 Å². The number of amides is 1. The molecule has 0 aliphatic rings. The maximum absolute atomic E-state index is 12.2. The first kappa shape index (κ1) is 18.7. The molecule has 6 nitrogen and oxygen atoms in total. The Hall–Kier alpha value is -3.64. The van der Waals surface area contributed by atoms with E-state index in [0.29, 0.717) is 33.8 Å². The number of carbonyl (C=O) groups is 1.